The minimum absolute atomic E-state index is 0.768. The first-order valence-electron chi connectivity index (χ1n) is 8.15. The van der Waals surface area contributed by atoms with Crippen LogP contribution in [0.2, 0.25) is 0 Å². The van der Waals surface area contributed by atoms with Crippen molar-refractivity contribution in [3.63, 3.8) is 0 Å². The Hall–Kier alpha value is -0.0800. The van der Waals surface area contributed by atoms with Crippen molar-refractivity contribution in [1.82, 2.24) is 5.32 Å². The quantitative estimate of drug-likeness (QED) is 0.810. The molecule has 1 heterocycles. The summed E-state index contributed by atoms with van der Waals surface area (Å²) >= 11 is 0. The highest BCUT2D eigenvalue weighted by Crippen LogP contribution is 2.47. The monoisotopic (exact) mass is 251 g/mol. The molecule has 0 bridgehead atoms. The number of nitrogens with one attached hydrogen (secondary N) is 1. The Morgan fingerprint density at radius 1 is 0.833 bits per heavy atom. The zero-order valence-corrected chi connectivity index (χ0v) is 11.9. The fourth-order valence-electron chi connectivity index (χ4n) is 4.44. The van der Waals surface area contributed by atoms with Crippen molar-refractivity contribution in [1.29, 1.82) is 0 Å². The highest BCUT2D eigenvalue weighted by molar-refractivity contribution is 4.95. The van der Waals surface area contributed by atoms with Crippen molar-refractivity contribution in [2.75, 3.05) is 20.3 Å². The van der Waals surface area contributed by atoms with Crippen molar-refractivity contribution in [3.8, 4) is 0 Å². The Balaban J connectivity index is 1.68. The van der Waals surface area contributed by atoms with Gasteiger partial charge in [-0.2, -0.15) is 0 Å². The highest BCUT2D eigenvalue weighted by Gasteiger charge is 2.42. The summed E-state index contributed by atoms with van der Waals surface area (Å²) in [6.07, 6.45) is 11.5. The van der Waals surface area contributed by atoms with Gasteiger partial charge in [-0.1, -0.05) is 38.5 Å². The maximum Gasteiger partial charge on any atom is 0.0469 e. The smallest absolute Gasteiger partial charge is 0.0469 e. The van der Waals surface area contributed by atoms with Gasteiger partial charge in [0, 0.05) is 19.3 Å². The second kappa shape index (κ2) is 5.92. The van der Waals surface area contributed by atoms with E-state index in [0.717, 1.165) is 42.9 Å². The molecule has 0 amide bonds. The predicted octanol–water partition coefficient (Wildman–Crippen LogP) is 3.22. The molecule has 1 atom stereocenters. The van der Waals surface area contributed by atoms with Gasteiger partial charge < -0.3 is 10.1 Å². The van der Waals surface area contributed by atoms with Crippen molar-refractivity contribution < 1.29 is 4.74 Å². The molecule has 1 aliphatic heterocycles. The summed E-state index contributed by atoms with van der Waals surface area (Å²) in [5.74, 6) is 3.92. The van der Waals surface area contributed by atoms with Crippen LogP contribution in [-0.2, 0) is 4.74 Å². The molecule has 0 spiro atoms. The van der Waals surface area contributed by atoms with Crippen molar-refractivity contribution in [3.05, 3.63) is 0 Å². The Bertz CT molecular complexity index is 240. The third-order valence-corrected chi connectivity index (χ3v) is 5.91. The Morgan fingerprint density at radius 3 is 1.78 bits per heavy atom. The van der Waals surface area contributed by atoms with E-state index in [1.165, 1.54) is 51.4 Å². The normalized spacial score (nSPS) is 29.0. The number of hydrogen-bond donors (Lipinski definition) is 1. The van der Waals surface area contributed by atoms with E-state index in [0.29, 0.717) is 0 Å². The summed E-state index contributed by atoms with van der Waals surface area (Å²) in [5, 5.41) is 3.71. The van der Waals surface area contributed by atoms with Crippen LogP contribution in [0.3, 0.4) is 0 Å². The molecule has 0 aromatic heterocycles. The van der Waals surface area contributed by atoms with Gasteiger partial charge in [-0.05, 0) is 43.6 Å². The van der Waals surface area contributed by atoms with E-state index >= 15 is 0 Å². The molecule has 0 aromatic carbocycles. The van der Waals surface area contributed by atoms with E-state index in [4.69, 9.17) is 4.74 Å². The average molecular weight is 251 g/mol. The van der Waals surface area contributed by atoms with Gasteiger partial charge in [0.05, 0.1) is 0 Å². The summed E-state index contributed by atoms with van der Waals surface area (Å²) in [4.78, 5) is 0. The lowest BCUT2D eigenvalue weighted by molar-refractivity contribution is 0.00152. The molecule has 3 fully saturated rings. The van der Waals surface area contributed by atoms with Crippen molar-refractivity contribution in [2.24, 2.45) is 23.7 Å². The second-order valence-corrected chi connectivity index (χ2v) is 6.72. The molecule has 0 aromatic rings. The van der Waals surface area contributed by atoms with Gasteiger partial charge in [0.15, 0.2) is 0 Å². The molecule has 18 heavy (non-hydrogen) atoms. The molecular weight excluding hydrogens is 222 g/mol. The molecule has 3 rings (SSSR count). The summed E-state index contributed by atoms with van der Waals surface area (Å²) in [5.41, 5.74) is 0. The minimum Gasteiger partial charge on any atom is -0.381 e. The highest BCUT2D eigenvalue weighted by atomic mass is 16.5. The predicted molar refractivity (Wildman–Crippen MR) is 74.6 cm³/mol. The summed E-state index contributed by atoms with van der Waals surface area (Å²) in [7, 11) is 2.20. The maximum atomic E-state index is 5.55. The molecule has 104 valence electrons. The molecule has 0 radical (unpaired) electrons. The lowest BCUT2D eigenvalue weighted by Crippen LogP contribution is -2.50. The lowest BCUT2D eigenvalue weighted by Gasteiger charge is -2.49. The van der Waals surface area contributed by atoms with Crippen molar-refractivity contribution >= 4 is 0 Å². The zero-order valence-electron chi connectivity index (χ0n) is 11.9. The van der Waals surface area contributed by atoms with E-state index < -0.39 is 0 Å². The van der Waals surface area contributed by atoms with Gasteiger partial charge in [-0.15, -0.1) is 0 Å². The summed E-state index contributed by atoms with van der Waals surface area (Å²) in [6, 6.07) is 0.768. The molecule has 3 aliphatic rings. The van der Waals surface area contributed by atoms with Gasteiger partial charge >= 0.3 is 0 Å². The molecule has 1 N–H and O–H groups in total. The van der Waals surface area contributed by atoms with Crippen LogP contribution >= 0.6 is 0 Å². The van der Waals surface area contributed by atoms with Gasteiger partial charge in [0.2, 0.25) is 0 Å². The second-order valence-electron chi connectivity index (χ2n) is 6.72. The molecule has 2 aliphatic carbocycles. The van der Waals surface area contributed by atoms with E-state index in [9.17, 15) is 0 Å². The Kier molecular flexibility index (Phi) is 4.25. The molecule has 2 nitrogen and oxygen atoms in total. The van der Waals surface area contributed by atoms with Gasteiger partial charge in [-0.3, -0.25) is 0 Å². The average Bonchev–Trinajstić information content (AvgIpc) is 2.27. The van der Waals surface area contributed by atoms with Gasteiger partial charge in [0.1, 0.15) is 0 Å². The SMILES string of the molecule is CNC(C1CCOCC1)C(C1CCC1)C1CCC1. The number of hydrogen-bond acceptors (Lipinski definition) is 2. The standard InChI is InChI=1S/C16H29NO/c1-17-16(14-8-10-18-11-9-14)15(12-4-2-5-12)13-6-3-7-13/h12-17H,2-11H2,1H3. The lowest BCUT2D eigenvalue weighted by atomic mass is 9.60. The Morgan fingerprint density at radius 2 is 1.39 bits per heavy atom. The van der Waals surface area contributed by atoms with Crippen molar-refractivity contribution in [2.45, 2.75) is 57.4 Å². The minimum atomic E-state index is 0.768. The molecule has 1 saturated heterocycles. The van der Waals surface area contributed by atoms with Crippen LogP contribution in [0.25, 0.3) is 0 Å². The summed E-state index contributed by atoms with van der Waals surface area (Å²) in [6.45, 7) is 1.98. The third-order valence-electron chi connectivity index (χ3n) is 5.91. The van der Waals surface area contributed by atoms with Crippen LogP contribution < -0.4 is 5.32 Å². The summed E-state index contributed by atoms with van der Waals surface area (Å²) < 4.78 is 5.55. The van der Waals surface area contributed by atoms with Crippen LogP contribution in [0.4, 0.5) is 0 Å². The van der Waals surface area contributed by atoms with E-state index in [2.05, 4.69) is 12.4 Å². The molecule has 2 heteroatoms. The van der Waals surface area contributed by atoms with Gasteiger partial charge in [-0.25, -0.2) is 0 Å². The first-order chi connectivity index (χ1) is 8.90. The largest absolute Gasteiger partial charge is 0.381 e. The third kappa shape index (κ3) is 2.46. The first kappa shape index (κ1) is 12.9. The van der Waals surface area contributed by atoms with Gasteiger partial charge in [0.25, 0.3) is 0 Å². The molecular formula is C16H29NO. The number of rotatable bonds is 5. The van der Waals surface area contributed by atoms with Crippen LogP contribution in [0.5, 0.6) is 0 Å². The maximum absolute atomic E-state index is 5.55. The number of ether oxygens (including phenoxy) is 1. The topological polar surface area (TPSA) is 21.3 Å². The van der Waals surface area contributed by atoms with E-state index in [-0.39, 0.29) is 0 Å². The fourth-order valence-corrected chi connectivity index (χ4v) is 4.44. The van der Waals surface area contributed by atoms with Crippen LogP contribution in [0, 0.1) is 23.7 Å². The van der Waals surface area contributed by atoms with E-state index in [1.807, 2.05) is 0 Å². The molecule has 2 saturated carbocycles. The van der Waals surface area contributed by atoms with Crippen LogP contribution in [0.1, 0.15) is 51.4 Å². The fraction of sp³-hybridized carbons (Fsp3) is 1.00. The zero-order chi connectivity index (χ0) is 12.4. The van der Waals surface area contributed by atoms with Crippen LogP contribution in [0.15, 0.2) is 0 Å². The first-order valence-corrected chi connectivity index (χ1v) is 8.15. The van der Waals surface area contributed by atoms with E-state index in [1.54, 1.807) is 0 Å². The Labute approximate surface area is 112 Å². The molecule has 1 unspecified atom stereocenters. The van der Waals surface area contributed by atoms with Crippen LogP contribution in [-0.4, -0.2) is 26.3 Å².